The summed E-state index contributed by atoms with van der Waals surface area (Å²) in [5.41, 5.74) is 5.51. The summed E-state index contributed by atoms with van der Waals surface area (Å²) >= 11 is 4.88. The second kappa shape index (κ2) is 8.04. The predicted molar refractivity (Wildman–Crippen MR) is 80.0 cm³/mol. The number of ether oxygens (including phenoxy) is 1. The normalized spacial score (nSPS) is 20.2. The second-order valence-electron chi connectivity index (χ2n) is 5.06. The summed E-state index contributed by atoms with van der Waals surface area (Å²) in [6, 6.07) is 0.691. The summed E-state index contributed by atoms with van der Waals surface area (Å²) < 4.78 is 5.59. The quantitative estimate of drug-likeness (QED) is 0.703. The number of hydrogen-bond acceptors (Lipinski definition) is 4. The second-order valence-corrected chi connectivity index (χ2v) is 5.53. The molecule has 1 saturated heterocycles. The van der Waals surface area contributed by atoms with E-state index in [0.29, 0.717) is 17.6 Å². The standard InChI is InChI=1S/C13H27N3OS/c1-4-16-7-5-12(6-8-16)15(3)9-10-17-11(2)13(14)18/h11-12H,4-10H2,1-3H3,(H2,14,18). The van der Waals surface area contributed by atoms with Crippen LogP contribution in [0.15, 0.2) is 0 Å². The molecule has 1 aliphatic rings. The fraction of sp³-hybridized carbons (Fsp3) is 0.923. The van der Waals surface area contributed by atoms with Crippen molar-refractivity contribution in [3.63, 3.8) is 0 Å². The molecule has 0 saturated carbocycles. The highest BCUT2D eigenvalue weighted by Gasteiger charge is 2.21. The van der Waals surface area contributed by atoms with Crippen LogP contribution in [0.5, 0.6) is 0 Å². The largest absolute Gasteiger partial charge is 0.391 e. The average Bonchev–Trinajstić information content (AvgIpc) is 2.38. The molecule has 2 N–H and O–H groups in total. The van der Waals surface area contributed by atoms with E-state index in [9.17, 15) is 0 Å². The lowest BCUT2D eigenvalue weighted by Crippen LogP contribution is -2.44. The number of likely N-dealkylation sites (tertiary alicyclic amines) is 1. The summed E-state index contributed by atoms with van der Waals surface area (Å²) in [4.78, 5) is 5.35. The van der Waals surface area contributed by atoms with Crippen molar-refractivity contribution in [1.82, 2.24) is 9.80 Å². The number of nitrogens with zero attached hydrogens (tertiary/aromatic N) is 2. The van der Waals surface area contributed by atoms with E-state index in [4.69, 9.17) is 22.7 Å². The summed E-state index contributed by atoms with van der Waals surface area (Å²) in [6.45, 7) is 9.39. The first kappa shape index (κ1) is 15.8. The van der Waals surface area contributed by atoms with Gasteiger partial charge in [0.2, 0.25) is 0 Å². The lowest BCUT2D eigenvalue weighted by molar-refractivity contribution is 0.0650. The highest BCUT2D eigenvalue weighted by molar-refractivity contribution is 7.80. The van der Waals surface area contributed by atoms with Crippen LogP contribution in [0.2, 0.25) is 0 Å². The van der Waals surface area contributed by atoms with Gasteiger partial charge in [0.25, 0.3) is 0 Å². The maximum Gasteiger partial charge on any atom is 0.104 e. The van der Waals surface area contributed by atoms with Gasteiger partial charge in [-0.15, -0.1) is 0 Å². The molecule has 1 rings (SSSR count). The van der Waals surface area contributed by atoms with Crippen LogP contribution in [0.4, 0.5) is 0 Å². The highest BCUT2D eigenvalue weighted by Crippen LogP contribution is 2.14. The lowest BCUT2D eigenvalue weighted by Gasteiger charge is -2.36. The van der Waals surface area contributed by atoms with Crippen molar-refractivity contribution in [2.75, 3.05) is 39.8 Å². The number of likely N-dealkylation sites (N-methyl/N-ethyl adjacent to an activating group) is 1. The van der Waals surface area contributed by atoms with Gasteiger partial charge < -0.3 is 20.3 Å². The molecule has 4 nitrogen and oxygen atoms in total. The molecule has 18 heavy (non-hydrogen) atoms. The van der Waals surface area contributed by atoms with Crippen LogP contribution < -0.4 is 5.73 Å². The van der Waals surface area contributed by atoms with Crippen LogP contribution in [-0.4, -0.2) is 66.8 Å². The molecule has 0 radical (unpaired) electrons. The number of piperidine rings is 1. The minimum absolute atomic E-state index is 0.115. The van der Waals surface area contributed by atoms with Gasteiger partial charge in [-0.05, 0) is 46.4 Å². The monoisotopic (exact) mass is 273 g/mol. The van der Waals surface area contributed by atoms with Gasteiger partial charge in [0.05, 0.1) is 6.61 Å². The van der Waals surface area contributed by atoms with Gasteiger partial charge in [-0.2, -0.15) is 0 Å². The maximum atomic E-state index is 5.59. The molecule has 1 fully saturated rings. The Morgan fingerprint density at radius 3 is 2.61 bits per heavy atom. The Balaban J connectivity index is 2.17. The van der Waals surface area contributed by atoms with E-state index < -0.39 is 0 Å². The third-order valence-corrected chi connectivity index (χ3v) is 4.17. The lowest BCUT2D eigenvalue weighted by atomic mass is 10.0. The summed E-state index contributed by atoms with van der Waals surface area (Å²) in [5.74, 6) is 0. The van der Waals surface area contributed by atoms with Crippen molar-refractivity contribution < 1.29 is 4.74 Å². The molecule has 0 spiro atoms. The van der Waals surface area contributed by atoms with Crippen LogP contribution in [0.3, 0.4) is 0 Å². The molecule has 0 amide bonds. The molecule has 0 aromatic carbocycles. The first-order chi connectivity index (χ1) is 8.54. The van der Waals surface area contributed by atoms with E-state index in [1.165, 1.54) is 32.5 Å². The smallest absolute Gasteiger partial charge is 0.104 e. The fourth-order valence-corrected chi connectivity index (χ4v) is 2.38. The summed E-state index contributed by atoms with van der Waals surface area (Å²) in [7, 11) is 2.18. The molecule has 1 aliphatic heterocycles. The Hall–Kier alpha value is -0.230. The van der Waals surface area contributed by atoms with Crippen LogP contribution in [0, 0.1) is 0 Å². The first-order valence-electron chi connectivity index (χ1n) is 6.88. The van der Waals surface area contributed by atoms with Gasteiger partial charge in [0.15, 0.2) is 0 Å². The zero-order chi connectivity index (χ0) is 13.5. The Labute approximate surface area is 116 Å². The maximum absolute atomic E-state index is 5.59. The Morgan fingerprint density at radius 1 is 1.50 bits per heavy atom. The zero-order valence-corrected chi connectivity index (χ0v) is 12.7. The number of rotatable bonds is 7. The number of hydrogen-bond donors (Lipinski definition) is 1. The van der Waals surface area contributed by atoms with E-state index in [2.05, 4.69) is 23.8 Å². The van der Waals surface area contributed by atoms with E-state index in [1.54, 1.807) is 0 Å². The first-order valence-corrected chi connectivity index (χ1v) is 7.29. The molecule has 106 valence electrons. The van der Waals surface area contributed by atoms with Gasteiger partial charge >= 0.3 is 0 Å². The summed E-state index contributed by atoms with van der Waals surface area (Å²) in [5, 5.41) is 0. The van der Waals surface area contributed by atoms with Crippen LogP contribution in [0.1, 0.15) is 26.7 Å². The molecular weight excluding hydrogens is 246 g/mol. The SMILES string of the molecule is CCN1CCC(N(C)CCOC(C)C(N)=S)CC1. The van der Waals surface area contributed by atoms with Crippen molar-refractivity contribution >= 4 is 17.2 Å². The van der Waals surface area contributed by atoms with Crippen LogP contribution in [0.25, 0.3) is 0 Å². The van der Waals surface area contributed by atoms with Gasteiger partial charge in [0, 0.05) is 12.6 Å². The molecule has 0 aromatic rings. The van der Waals surface area contributed by atoms with Gasteiger partial charge in [-0.1, -0.05) is 19.1 Å². The van der Waals surface area contributed by atoms with Crippen LogP contribution >= 0.6 is 12.2 Å². The van der Waals surface area contributed by atoms with Crippen molar-refractivity contribution in [2.45, 2.75) is 38.8 Å². The molecule has 5 heteroatoms. The molecule has 0 bridgehead atoms. The fourth-order valence-electron chi connectivity index (χ4n) is 2.31. The van der Waals surface area contributed by atoms with E-state index in [-0.39, 0.29) is 6.10 Å². The molecule has 1 heterocycles. The third-order valence-electron chi connectivity index (χ3n) is 3.84. The summed E-state index contributed by atoms with van der Waals surface area (Å²) in [6.07, 6.45) is 2.40. The third kappa shape index (κ3) is 5.18. The Bertz CT molecular complexity index is 255. The van der Waals surface area contributed by atoms with E-state index in [0.717, 1.165) is 6.54 Å². The molecular formula is C13H27N3OS. The minimum atomic E-state index is -0.115. The van der Waals surface area contributed by atoms with Crippen molar-refractivity contribution in [1.29, 1.82) is 0 Å². The van der Waals surface area contributed by atoms with Crippen molar-refractivity contribution in [2.24, 2.45) is 5.73 Å². The van der Waals surface area contributed by atoms with E-state index in [1.807, 2.05) is 6.92 Å². The molecule has 0 aromatic heterocycles. The van der Waals surface area contributed by atoms with Crippen molar-refractivity contribution in [3.8, 4) is 0 Å². The van der Waals surface area contributed by atoms with Crippen molar-refractivity contribution in [3.05, 3.63) is 0 Å². The van der Waals surface area contributed by atoms with Gasteiger partial charge in [0.1, 0.15) is 11.1 Å². The topological polar surface area (TPSA) is 41.7 Å². The molecule has 1 atom stereocenters. The average molecular weight is 273 g/mol. The number of nitrogens with two attached hydrogens (primary N) is 1. The predicted octanol–water partition coefficient (Wildman–Crippen LogP) is 1.09. The Morgan fingerprint density at radius 2 is 2.11 bits per heavy atom. The van der Waals surface area contributed by atoms with Gasteiger partial charge in [-0.25, -0.2) is 0 Å². The molecule has 1 unspecified atom stereocenters. The van der Waals surface area contributed by atoms with Gasteiger partial charge in [-0.3, -0.25) is 0 Å². The number of thiocarbonyl (C=S) groups is 1. The van der Waals surface area contributed by atoms with E-state index >= 15 is 0 Å². The van der Waals surface area contributed by atoms with Crippen LogP contribution in [-0.2, 0) is 4.74 Å². The molecule has 0 aliphatic carbocycles. The highest BCUT2D eigenvalue weighted by atomic mass is 32.1. The zero-order valence-electron chi connectivity index (χ0n) is 11.9. The minimum Gasteiger partial charge on any atom is -0.391 e. The Kier molecular flexibility index (Phi) is 7.07.